The summed E-state index contributed by atoms with van der Waals surface area (Å²) in [6, 6.07) is 4.74. The fraction of sp³-hybridized carbons (Fsp3) is 0.438. The smallest absolute Gasteiger partial charge is 0.346 e. The number of benzene rings is 1. The third-order valence-corrected chi connectivity index (χ3v) is 5.05. The molecular formula is C16H20FNO2S. The first-order chi connectivity index (χ1) is 9.91. The number of thiophene rings is 1. The highest BCUT2D eigenvalue weighted by Gasteiger charge is 2.20. The highest BCUT2D eigenvalue weighted by molar-refractivity contribution is 7.21. The van der Waals surface area contributed by atoms with E-state index in [9.17, 15) is 14.3 Å². The van der Waals surface area contributed by atoms with E-state index in [1.165, 1.54) is 6.07 Å². The van der Waals surface area contributed by atoms with Crippen LogP contribution in [0.15, 0.2) is 18.2 Å². The Morgan fingerprint density at radius 2 is 2.10 bits per heavy atom. The van der Waals surface area contributed by atoms with Gasteiger partial charge in [-0.1, -0.05) is 26.8 Å². The molecule has 0 amide bonds. The van der Waals surface area contributed by atoms with Gasteiger partial charge in [0, 0.05) is 22.2 Å². The number of carbonyl (C=O) groups is 1. The number of carboxylic acids is 1. The second kappa shape index (κ2) is 6.54. The summed E-state index contributed by atoms with van der Waals surface area (Å²) in [5, 5.41) is 13.0. The lowest BCUT2D eigenvalue weighted by molar-refractivity contribution is 0.0701. The predicted molar refractivity (Wildman–Crippen MR) is 84.5 cm³/mol. The van der Waals surface area contributed by atoms with Crippen LogP contribution in [-0.4, -0.2) is 17.6 Å². The number of carboxylic acid groups (broad SMARTS) is 1. The van der Waals surface area contributed by atoms with Crippen LogP contribution in [0.5, 0.6) is 0 Å². The molecule has 0 saturated heterocycles. The molecule has 1 heterocycles. The zero-order chi connectivity index (χ0) is 15.6. The van der Waals surface area contributed by atoms with Crippen LogP contribution in [-0.2, 0) is 6.54 Å². The second-order valence-corrected chi connectivity index (χ2v) is 6.73. The standard InChI is InChI=1S/C16H20FNO2S/c1-9(2)10(3)7-18-8-11-14-12(17)5-4-6-13(14)21-15(11)16(19)20/h4-6,9-10,18H,7-8H2,1-3H3,(H,19,20). The molecular weight excluding hydrogens is 289 g/mol. The number of hydrogen-bond acceptors (Lipinski definition) is 3. The van der Waals surface area contributed by atoms with E-state index in [1.54, 1.807) is 12.1 Å². The fourth-order valence-corrected chi connectivity index (χ4v) is 3.24. The average molecular weight is 309 g/mol. The van der Waals surface area contributed by atoms with Crippen molar-refractivity contribution in [2.75, 3.05) is 6.54 Å². The summed E-state index contributed by atoms with van der Waals surface area (Å²) < 4.78 is 14.7. The van der Waals surface area contributed by atoms with E-state index in [1.807, 2.05) is 0 Å². The summed E-state index contributed by atoms with van der Waals surface area (Å²) in [7, 11) is 0. The summed E-state index contributed by atoms with van der Waals surface area (Å²) in [5.74, 6) is -0.324. The van der Waals surface area contributed by atoms with Gasteiger partial charge in [0.05, 0.1) is 0 Å². The van der Waals surface area contributed by atoms with Crippen molar-refractivity contribution in [1.29, 1.82) is 0 Å². The summed E-state index contributed by atoms with van der Waals surface area (Å²) in [6.45, 7) is 7.59. The molecule has 1 aromatic carbocycles. The van der Waals surface area contributed by atoms with E-state index >= 15 is 0 Å². The van der Waals surface area contributed by atoms with Crippen LogP contribution in [0.2, 0.25) is 0 Å². The molecule has 5 heteroatoms. The van der Waals surface area contributed by atoms with Gasteiger partial charge in [-0.3, -0.25) is 0 Å². The number of halogens is 1. The molecule has 2 N–H and O–H groups in total. The highest BCUT2D eigenvalue weighted by Crippen LogP contribution is 2.33. The van der Waals surface area contributed by atoms with Gasteiger partial charge in [0.15, 0.2) is 0 Å². The van der Waals surface area contributed by atoms with Gasteiger partial charge >= 0.3 is 5.97 Å². The number of fused-ring (bicyclic) bond motifs is 1. The molecule has 1 unspecified atom stereocenters. The molecule has 1 aromatic heterocycles. The quantitative estimate of drug-likeness (QED) is 0.844. The number of aromatic carboxylic acids is 1. The lowest BCUT2D eigenvalue weighted by atomic mass is 9.98. The van der Waals surface area contributed by atoms with Crippen LogP contribution in [0.3, 0.4) is 0 Å². The Balaban J connectivity index is 2.28. The molecule has 0 fully saturated rings. The minimum Gasteiger partial charge on any atom is -0.477 e. The lowest BCUT2D eigenvalue weighted by Gasteiger charge is -2.16. The van der Waals surface area contributed by atoms with Crippen LogP contribution in [0.25, 0.3) is 10.1 Å². The highest BCUT2D eigenvalue weighted by atomic mass is 32.1. The molecule has 0 spiro atoms. The topological polar surface area (TPSA) is 49.3 Å². The summed E-state index contributed by atoms with van der Waals surface area (Å²) in [4.78, 5) is 11.6. The minimum atomic E-state index is -0.996. The Morgan fingerprint density at radius 3 is 2.71 bits per heavy atom. The van der Waals surface area contributed by atoms with Crippen molar-refractivity contribution in [3.8, 4) is 0 Å². The SMILES string of the molecule is CC(C)C(C)CNCc1c(C(=O)O)sc2cccc(F)c12. The Kier molecular flexibility index (Phi) is 4.96. The first kappa shape index (κ1) is 15.9. The van der Waals surface area contributed by atoms with Crippen molar-refractivity contribution in [2.24, 2.45) is 11.8 Å². The maximum Gasteiger partial charge on any atom is 0.346 e. The molecule has 3 nitrogen and oxygen atoms in total. The molecule has 2 aromatic rings. The van der Waals surface area contributed by atoms with Crippen molar-refractivity contribution in [3.63, 3.8) is 0 Å². The Morgan fingerprint density at radius 1 is 1.38 bits per heavy atom. The molecule has 1 atom stereocenters. The van der Waals surface area contributed by atoms with Crippen molar-refractivity contribution in [3.05, 3.63) is 34.5 Å². The van der Waals surface area contributed by atoms with Crippen LogP contribution >= 0.6 is 11.3 Å². The number of hydrogen-bond donors (Lipinski definition) is 2. The van der Waals surface area contributed by atoms with Gasteiger partial charge in [0.1, 0.15) is 10.7 Å². The van der Waals surface area contributed by atoms with Gasteiger partial charge in [0.25, 0.3) is 0 Å². The first-order valence-electron chi connectivity index (χ1n) is 7.05. The van der Waals surface area contributed by atoms with Gasteiger partial charge < -0.3 is 10.4 Å². The van der Waals surface area contributed by atoms with Gasteiger partial charge in [0.2, 0.25) is 0 Å². The van der Waals surface area contributed by atoms with Crippen molar-refractivity contribution >= 4 is 27.4 Å². The van der Waals surface area contributed by atoms with E-state index < -0.39 is 5.97 Å². The van der Waals surface area contributed by atoms with E-state index in [2.05, 4.69) is 26.1 Å². The zero-order valence-electron chi connectivity index (χ0n) is 12.4. The van der Waals surface area contributed by atoms with Crippen LogP contribution in [0.4, 0.5) is 4.39 Å². The molecule has 21 heavy (non-hydrogen) atoms. The molecule has 2 rings (SSSR count). The number of nitrogens with one attached hydrogen (secondary N) is 1. The predicted octanol–water partition coefficient (Wildman–Crippen LogP) is 4.12. The third kappa shape index (κ3) is 3.41. The second-order valence-electron chi connectivity index (χ2n) is 5.68. The van der Waals surface area contributed by atoms with Crippen LogP contribution in [0, 0.1) is 17.7 Å². The first-order valence-corrected chi connectivity index (χ1v) is 7.87. The Labute approximate surface area is 127 Å². The molecule has 0 aliphatic carbocycles. The number of rotatable bonds is 6. The molecule has 0 saturated carbocycles. The van der Waals surface area contributed by atoms with E-state index in [-0.39, 0.29) is 10.7 Å². The lowest BCUT2D eigenvalue weighted by Crippen LogP contribution is -2.24. The summed E-state index contributed by atoms with van der Waals surface area (Å²) in [6.07, 6.45) is 0. The Bertz CT molecular complexity index is 651. The Hall–Kier alpha value is -1.46. The van der Waals surface area contributed by atoms with E-state index in [4.69, 9.17) is 0 Å². The minimum absolute atomic E-state index is 0.222. The third-order valence-electron chi connectivity index (χ3n) is 3.86. The van der Waals surface area contributed by atoms with E-state index in [0.717, 1.165) is 17.9 Å². The maximum absolute atomic E-state index is 14.0. The largest absolute Gasteiger partial charge is 0.477 e. The maximum atomic E-state index is 14.0. The normalized spacial score (nSPS) is 13.0. The monoisotopic (exact) mass is 309 g/mol. The van der Waals surface area contributed by atoms with E-state index in [0.29, 0.717) is 34.0 Å². The van der Waals surface area contributed by atoms with Gasteiger partial charge in [-0.15, -0.1) is 11.3 Å². The van der Waals surface area contributed by atoms with Crippen molar-refractivity contribution in [1.82, 2.24) is 5.32 Å². The van der Waals surface area contributed by atoms with Crippen LogP contribution in [0.1, 0.15) is 36.0 Å². The van der Waals surface area contributed by atoms with Gasteiger partial charge in [-0.25, -0.2) is 9.18 Å². The zero-order valence-corrected chi connectivity index (χ0v) is 13.3. The van der Waals surface area contributed by atoms with Gasteiger partial charge in [-0.05, 0) is 30.5 Å². The average Bonchev–Trinajstić information content (AvgIpc) is 2.79. The van der Waals surface area contributed by atoms with Crippen LogP contribution < -0.4 is 5.32 Å². The fourth-order valence-electron chi connectivity index (χ4n) is 2.17. The molecule has 0 radical (unpaired) electrons. The van der Waals surface area contributed by atoms with Gasteiger partial charge in [-0.2, -0.15) is 0 Å². The van der Waals surface area contributed by atoms with Crippen molar-refractivity contribution < 1.29 is 14.3 Å². The molecule has 0 bridgehead atoms. The molecule has 0 aliphatic heterocycles. The van der Waals surface area contributed by atoms with Crippen molar-refractivity contribution in [2.45, 2.75) is 27.3 Å². The molecule has 114 valence electrons. The summed E-state index contributed by atoms with van der Waals surface area (Å²) in [5.41, 5.74) is 0.552. The molecule has 0 aliphatic rings. The summed E-state index contributed by atoms with van der Waals surface area (Å²) >= 11 is 1.13.